The van der Waals surface area contributed by atoms with Crippen molar-refractivity contribution in [2.24, 2.45) is 0 Å². The Kier molecular flexibility index (Phi) is 1.67. The fourth-order valence-corrected chi connectivity index (χ4v) is 0.691. The summed E-state index contributed by atoms with van der Waals surface area (Å²) in [6.07, 6.45) is 3.89. The van der Waals surface area contributed by atoms with Crippen molar-refractivity contribution in [1.29, 1.82) is 0 Å². The fraction of sp³-hybridized carbons (Fsp3) is 0.333. The van der Waals surface area contributed by atoms with Gasteiger partial charge in [-0.1, -0.05) is 0 Å². The van der Waals surface area contributed by atoms with Crippen LogP contribution >= 0.6 is 16.1 Å². The van der Waals surface area contributed by atoms with Crippen LogP contribution in [-0.4, -0.2) is 6.54 Å². The highest BCUT2D eigenvalue weighted by molar-refractivity contribution is 9.10. The second kappa shape index (κ2) is 2.30. The molecule has 0 radical (unpaired) electrons. The van der Waals surface area contributed by atoms with E-state index in [4.69, 9.17) is 0 Å². The van der Waals surface area contributed by atoms with Gasteiger partial charge in [0.05, 0.1) is 0 Å². The van der Waals surface area contributed by atoms with Gasteiger partial charge in [0.2, 0.25) is 0 Å². The second-order valence-electron chi connectivity index (χ2n) is 1.28. The Morgan fingerprint density at radius 1 is 1.86 bits per heavy atom. The van der Waals surface area contributed by atoms with Crippen molar-refractivity contribution in [3.05, 3.63) is 16.7 Å². The van der Waals surface area contributed by atoms with Crippen LogP contribution < -0.4 is 10.5 Å². The van der Waals surface area contributed by atoms with Crippen LogP contribution in [0, 0.1) is 0 Å². The van der Waals surface area contributed by atoms with Crippen LogP contribution in [0.1, 0.15) is 0 Å². The van der Waals surface area contributed by atoms with Gasteiger partial charge < -0.3 is 4.45 Å². The monoisotopic (exact) mass is 163 g/mol. The van der Waals surface area contributed by atoms with Gasteiger partial charge in [0.15, 0.2) is 0 Å². The SMILES string of the molecule is Br[N-][NH+]1CC=CN1. The van der Waals surface area contributed by atoms with Gasteiger partial charge in [0, 0.05) is 6.20 Å². The molecule has 0 amide bonds. The number of nitrogens with one attached hydrogen (secondary N) is 2. The number of hydrogen-bond acceptors (Lipinski definition) is 1. The van der Waals surface area contributed by atoms with E-state index in [9.17, 15) is 0 Å². The summed E-state index contributed by atoms with van der Waals surface area (Å²) in [5, 5.41) is 0.972. The number of hydrogen-bond donors (Lipinski definition) is 2. The summed E-state index contributed by atoms with van der Waals surface area (Å²) in [4.78, 5) is 0. The summed E-state index contributed by atoms with van der Waals surface area (Å²) in [6, 6.07) is 0. The predicted molar refractivity (Wildman–Crippen MR) is 30.4 cm³/mol. The molecule has 0 aromatic heterocycles. The molecule has 0 bridgehead atoms. The van der Waals surface area contributed by atoms with Crippen LogP contribution in [-0.2, 0) is 0 Å². The molecule has 0 saturated heterocycles. The number of rotatable bonds is 1. The lowest BCUT2D eigenvalue weighted by molar-refractivity contribution is -0.882. The van der Waals surface area contributed by atoms with Crippen LogP contribution in [0.25, 0.3) is 4.45 Å². The second-order valence-corrected chi connectivity index (χ2v) is 1.64. The summed E-state index contributed by atoms with van der Waals surface area (Å²) < 4.78 is 3.74. The molecule has 1 unspecified atom stereocenters. The van der Waals surface area contributed by atoms with Crippen molar-refractivity contribution in [1.82, 2.24) is 5.43 Å². The van der Waals surface area contributed by atoms with Crippen LogP contribution in [0.5, 0.6) is 0 Å². The van der Waals surface area contributed by atoms with Gasteiger partial charge in [-0.05, 0) is 6.08 Å². The lowest BCUT2D eigenvalue weighted by Gasteiger charge is -2.19. The Hall–Kier alpha value is -0.0600. The topological polar surface area (TPSA) is 30.6 Å². The minimum absolute atomic E-state index is 0.922. The third kappa shape index (κ3) is 1.15. The maximum Gasteiger partial charge on any atom is 0.111 e. The molecule has 1 atom stereocenters. The minimum Gasteiger partial charge on any atom is -0.362 e. The lowest BCUT2D eigenvalue weighted by atomic mass is 10.7. The summed E-state index contributed by atoms with van der Waals surface area (Å²) in [7, 11) is 0. The summed E-state index contributed by atoms with van der Waals surface area (Å²) >= 11 is 2.96. The van der Waals surface area contributed by atoms with Gasteiger partial charge in [0.25, 0.3) is 0 Å². The Bertz CT molecular complexity index is 74.2. The van der Waals surface area contributed by atoms with E-state index in [-0.39, 0.29) is 0 Å². The highest BCUT2D eigenvalue weighted by Crippen LogP contribution is 1.81. The van der Waals surface area contributed by atoms with Gasteiger partial charge in [-0.2, -0.15) is 16.1 Å². The van der Waals surface area contributed by atoms with Crippen molar-refractivity contribution in [2.45, 2.75) is 0 Å². The van der Waals surface area contributed by atoms with E-state index >= 15 is 0 Å². The molecule has 1 aliphatic heterocycles. The van der Waals surface area contributed by atoms with Gasteiger partial charge in [0.1, 0.15) is 6.54 Å². The molecule has 0 saturated carbocycles. The fourth-order valence-electron chi connectivity index (χ4n) is 0.444. The molecule has 1 aliphatic rings. The van der Waals surface area contributed by atoms with Crippen LogP contribution in [0.15, 0.2) is 12.3 Å². The zero-order valence-corrected chi connectivity index (χ0v) is 5.27. The Morgan fingerprint density at radius 2 is 2.71 bits per heavy atom. The summed E-state index contributed by atoms with van der Waals surface area (Å²) in [6.45, 7) is 0.922. The van der Waals surface area contributed by atoms with Gasteiger partial charge in [-0.15, -0.1) is 0 Å². The molecular formula is C3H6BrN3. The van der Waals surface area contributed by atoms with Crippen molar-refractivity contribution in [3.8, 4) is 0 Å². The third-order valence-corrected chi connectivity index (χ3v) is 1.21. The van der Waals surface area contributed by atoms with Crippen molar-refractivity contribution in [2.75, 3.05) is 6.54 Å². The normalized spacial score (nSPS) is 27.9. The molecule has 40 valence electrons. The highest BCUT2D eigenvalue weighted by Gasteiger charge is 1.95. The van der Waals surface area contributed by atoms with Crippen molar-refractivity contribution >= 4 is 16.1 Å². The Balaban J connectivity index is 2.22. The van der Waals surface area contributed by atoms with E-state index in [1.54, 1.807) is 0 Å². The lowest BCUT2D eigenvalue weighted by Crippen LogP contribution is -3.11. The van der Waals surface area contributed by atoms with E-state index in [0.717, 1.165) is 11.7 Å². The molecule has 7 heavy (non-hydrogen) atoms. The molecule has 0 fully saturated rings. The maximum absolute atomic E-state index is 3.74. The largest absolute Gasteiger partial charge is 0.362 e. The first-order valence-corrected chi connectivity index (χ1v) is 2.74. The summed E-state index contributed by atoms with van der Waals surface area (Å²) in [5.74, 6) is 0. The first-order chi connectivity index (χ1) is 3.43. The van der Waals surface area contributed by atoms with E-state index in [1.807, 2.05) is 12.3 Å². The Morgan fingerprint density at radius 3 is 3.00 bits per heavy atom. The van der Waals surface area contributed by atoms with E-state index < -0.39 is 0 Å². The van der Waals surface area contributed by atoms with E-state index in [0.29, 0.717) is 0 Å². The van der Waals surface area contributed by atoms with Crippen LogP contribution in [0.3, 0.4) is 0 Å². The average Bonchev–Trinajstić information content (AvgIpc) is 2.14. The molecule has 1 heterocycles. The van der Waals surface area contributed by atoms with Gasteiger partial charge in [-0.3, -0.25) is 10.5 Å². The van der Waals surface area contributed by atoms with Crippen molar-refractivity contribution in [3.63, 3.8) is 0 Å². The standard InChI is InChI=1S/C3H6BrN3/c4-6-7-3-1-2-5-7/h1-2,5,7H,3H2. The quantitative estimate of drug-likeness (QED) is 0.537. The molecule has 1 rings (SSSR count). The molecule has 0 aromatic rings. The average molecular weight is 164 g/mol. The molecule has 2 N–H and O–H groups in total. The summed E-state index contributed by atoms with van der Waals surface area (Å²) in [5.41, 5.74) is 2.93. The van der Waals surface area contributed by atoms with E-state index in [2.05, 4.69) is 26.0 Å². The number of nitrogens with zero attached hydrogens (tertiary/aromatic N) is 1. The van der Waals surface area contributed by atoms with Crippen LogP contribution in [0.4, 0.5) is 0 Å². The number of quaternary nitrogens is 1. The van der Waals surface area contributed by atoms with Crippen LogP contribution in [0.2, 0.25) is 0 Å². The van der Waals surface area contributed by atoms with Gasteiger partial charge in [-0.25, -0.2) is 0 Å². The first-order valence-electron chi connectivity index (χ1n) is 2.03. The smallest absolute Gasteiger partial charge is 0.111 e. The molecular weight excluding hydrogens is 158 g/mol. The molecule has 4 heteroatoms. The Labute approximate surface area is 50.7 Å². The maximum atomic E-state index is 3.74. The zero-order chi connectivity index (χ0) is 5.11. The molecule has 0 spiro atoms. The van der Waals surface area contributed by atoms with Crippen molar-refractivity contribution < 1.29 is 5.12 Å². The number of halogens is 1. The van der Waals surface area contributed by atoms with Gasteiger partial charge >= 0.3 is 0 Å². The zero-order valence-electron chi connectivity index (χ0n) is 3.69. The third-order valence-electron chi connectivity index (χ3n) is 0.781. The minimum atomic E-state index is 0.922. The predicted octanol–water partition coefficient (Wildman–Crippen LogP) is -0.498. The molecule has 0 aromatic carbocycles. The molecule has 0 aliphatic carbocycles. The molecule has 3 nitrogen and oxygen atoms in total. The van der Waals surface area contributed by atoms with E-state index in [1.165, 1.54) is 0 Å². The highest BCUT2D eigenvalue weighted by atomic mass is 79.9. The first kappa shape index (κ1) is 5.08.